The van der Waals surface area contributed by atoms with Crippen LogP contribution in [0.25, 0.3) is 0 Å². The van der Waals surface area contributed by atoms with Crippen molar-refractivity contribution in [2.45, 2.75) is 17.1 Å². The molecule has 21 heavy (non-hydrogen) atoms. The molecule has 0 bridgehead atoms. The quantitative estimate of drug-likeness (QED) is 0.648. The third-order valence-corrected chi connectivity index (χ3v) is 5.49. The first-order valence-electron chi connectivity index (χ1n) is 6.49. The molecule has 2 atom stereocenters. The molecule has 0 saturated carbocycles. The van der Waals surface area contributed by atoms with E-state index in [4.69, 9.17) is 34.8 Å². The van der Waals surface area contributed by atoms with E-state index < -0.39 is 0 Å². The van der Waals surface area contributed by atoms with Gasteiger partial charge in [-0.3, -0.25) is 0 Å². The predicted octanol–water partition coefficient (Wildman–Crippen LogP) is 6.11. The molecule has 2 rings (SSSR count). The fourth-order valence-electron chi connectivity index (χ4n) is 1.97. The minimum absolute atomic E-state index is 0.0161. The lowest BCUT2D eigenvalue weighted by Crippen LogP contribution is -2.11. The van der Waals surface area contributed by atoms with Crippen LogP contribution in [0.3, 0.4) is 0 Å². The van der Waals surface area contributed by atoms with Crippen LogP contribution in [0.2, 0.25) is 15.1 Å². The van der Waals surface area contributed by atoms with Gasteiger partial charge >= 0.3 is 0 Å². The van der Waals surface area contributed by atoms with Gasteiger partial charge < -0.3 is 5.11 Å². The predicted molar refractivity (Wildman–Crippen MR) is 92.8 cm³/mol. The first-order valence-corrected chi connectivity index (χ1v) is 8.50. The zero-order chi connectivity index (χ0) is 15.4. The standard InChI is InChI=1S/C16H15Cl3OS/c1-10(9-20)16(14-8-12(18)4-7-15(14)19)21-13-5-2-11(17)3-6-13/h2-8,10,16,20H,9H2,1H3. The number of benzene rings is 2. The van der Waals surface area contributed by atoms with Crippen molar-refractivity contribution in [2.75, 3.05) is 6.61 Å². The van der Waals surface area contributed by atoms with E-state index in [-0.39, 0.29) is 17.8 Å². The highest BCUT2D eigenvalue weighted by molar-refractivity contribution is 7.99. The van der Waals surface area contributed by atoms with Crippen LogP contribution in [-0.4, -0.2) is 11.7 Å². The Hall–Kier alpha value is -0.380. The van der Waals surface area contributed by atoms with E-state index in [1.54, 1.807) is 23.9 Å². The molecule has 2 aromatic rings. The van der Waals surface area contributed by atoms with Crippen molar-refractivity contribution in [1.29, 1.82) is 0 Å². The summed E-state index contributed by atoms with van der Waals surface area (Å²) < 4.78 is 0. The van der Waals surface area contributed by atoms with E-state index in [0.29, 0.717) is 15.1 Å². The summed E-state index contributed by atoms with van der Waals surface area (Å²) in [6.45, 7) is 2.07. The molecule has 0 spiro atoms. The third-order valence-electron chi connectivity index (χ3n) is 3.15. The lowest BCUT2D eigenvalue weighted by molar-refractivity contribution is 0.235. The van der Waals surface area contributed by atoms with E-state index in [0.717, 1.165) is 10.5 Å². The molecule has 0 aliphatic heterocycles. The topological polar surface area (TPSA) is 20.2 Å². The van der Waals surface area contributed by atoms with Gasteiger partial charge in [0.15, 0.2) is 0 Å². The number of rotatable bonds is 5. The van der Waals surface area contributed by atoms with Gasteiger partial charge in [0.25, 0.3) is 0 Å². The third kappa shape index (κ3) is 4.54. The van der Waals surface area contributed by atoms with Gasteiger partial charge in [-0.15, -0.1) is 11.8 Å². The number of aliphatic hydroxyl groups is 1. The highest BCUT2D eigenvalue weighted by atomic mass is 35.5. The summed E-state index contributed by atoms with van der Waals surface area (Å²) >= 11 is 20.0. The van der Waals surface area contributed by atoms with Crippen LogP contribution in [0.15, 0.2) is 47.4 Å². The smallest absolute Gasteiger partial charge is 0.0470 e. The molecule has 0 radical (unpaired) electrons. The normalized spacial score (nSPS) is 14.0. The van der Waals surface area contributed by atoms with Crippen LogP contribution in [-0.2, 0) is 0 Å². The van der Waals surface area contributed by atoms with E-state index in [1.165, 1.54) is 0 Å². The number of thioether (sulfide) groups is 1. The van der Waals surface area contributed by atoms with E-state index >= 15 is 0 Å². The Morgan fingerprint density at radius 2 is 1.62 bits per heavy atom. The second kappa shape index (κ2) is 7.75. The maximum atomic E-state index is 9.54. The summed E-state index contributed by atoms with van der Waals surface area (Å²) in [6, 6.07) is 13.0. The Labute approximate surface area is 144 Å². The molecule has 5 heteroatoms. The molecule has 0 aliphatic carbocycles. The van der Waals surface area contributed by atoms with Crippen molar-refractivity contribution in [1.82, 2.24) is 0 Å². The monoisotopic (exact) mass is 360 g/mol. The lowest BCUT2D eigenvalue weighted by atomic mass is 10.0. The molecular formula is C16H15Cl3OS. The highest BCUT2D eigenvalue weighted by Gasteiger charge is 2.23. The summed E-state index contributed by atoms with van der Waals surface area (Å²) in [5, 5.41) is 11.6. The van der Waals surface area contributed by atoms with Crippen molar-refractivity contribution in [2.24, 2.45) is 5.92 Å². The Kier molecular flexibility index (Phi) is 6.27. The largest absolute Gasteiger partial charge is 0.396 e. The van der Waals surface area contributed by atoms with Gasteiger partial charge in [0, 0.05) is 31.8 Å². The first-order chi connectivity index (χ1) is 10.0. The van der Waals surface area contributed by atoms with Crippen molar-refractivity contribution in [3.8, 4) is 0 Å². The molecule has 2 aromatic carbocycles. The number of aliphatic hydroxyl groups excluding tert-OH is 1. The van der Waals surface area contributed by atoms with Crippen molar-refractivity contribution in [3.63, 3.8) is 0 Å². The Balaban J connectivity index is 2.34. The second-order valence-corrected chi connectivity index (χ2v) is 7.31. The van der Waals surface area contributed by atoms with Crippen molar-refractivity contribution < 1.29 is 5.11 Å². The van der Waals surface area contributed by atoms with Crippen molar-refractivity contribution >= 4 is 46.6 Å². The summed E-state index contributed by atoms with van der Waals surface area (Å²) in [4.78, 5) is 1.07. The molecule has 112 valence electrons. The van der Waals surface area contributed by atoms with E-state index in [9.17, 15) is 5.11 Å². The molecule has 1 N–H and O–H groups in total. The molecule has 0 fully saturated rings. The molecular weight excluding hydrogens is 347 g/mol. The number of hydrogen-bond donors (Lipinski definition) is 1. The summed E-state index contributed by atoms with van der Waals surface area (Å²) in [5.41, 5.74) is 0.936. The van der Waals surface area contributed by atoms with E-state index in [1.807, 2.05) is 37.3 Å². The van der Waals surface area contributed by atoms with E-state index in [2.05, 4.69) is 0 Å². The van der Waals surface area contributed by atoms with Crippen LogP contribution in [0.1, 0.15) is 17.7 Å². The van der Waals surface area contributed by atoms with Gasteiger partial charge in [0.2, 0.25) is 0 Å². The van der Waals surface area contributed by atoms with Gasteiger partial charge in [-0.2, -0.15) is 0 Å². The second-order valence-electron chi connectivity index (χ2n) is 4.82. The van der Waals surface area contributed by atoms with Crippen LogP contribution in [0.4, 0.5) is 0 Å². The molecule has 0 amide bonds. The van der Waals surface area contributed by atoms with Gasteiger partial charge in [-0.1, -0.05) is 41.7 Å². The first kappa shape index (κ1) is 17.0. The summed E-state index contributed by atoms with van der Waals surface area (Å²) in [5.74, 6) is 0.0432. The molecule has 2 unspecified atom stereocenters. The molecule has 0 saturated heterocycles. The fraction of sp³-hybridized carbons (Fsp3) is 0.250. The molecule has 0 heterocycles. The lowest BCUT2D eigenvalue weighted by Gasteiger charge is -2.23. The Morgan fingerprint density at radius 3 is 2.24 bits per heavy atom. The van der Waals surface area contributed by atoms with Crippen LogP contribution < -0.4 is 0 Å². The fourth-order valence-corrected chi connectivity index (χ4v) is 3.81. The van der Waals surface area contributed by atoms with Crippen LogP contribution >= 0.6 is 46.6 Å². The average molecular weight is 362 g/mol. The van der Waals surface area contributed by atoms with Crippen LogP contribution in [0, 0.1) is 5.92 Å². The highest BCUT2D eigenvalue weighted by Crippen LogP contribution is 2.44. The Bertz CT molecular complexity index is 601. The maximum absolute atomic E-state index is 9.54. The van der Waals surface area contributed by atoms with Gasteiger partial charge in [-0.05, 0) is 53.9 Å². The molecule has 0 aliphatic rings. The van der Waals surface area contributed by atoms with Gasteiger partial charge in [0.05, 0.1) is 0 Å². The van der Waals surface area contributed by atoms with Gasteiger partial charge in [-0.25, -0.2) is 0 Å². The SMILES string of the molecule is CC(CO)C(Sc1ccc(Cl)cc1)c1cc(Cl)ccc1Cl. The maximum Gasteiger partial charge on any atom is 0.0470 e. The summed E-state index contributed by atoms with van der Waals surface area (Å²) in [7, 11) is 0. The van der Waals surface area contributed by atoms with Gasteiger partial charge in [0.1, 0.15) is 0 Å². The van der Waals surface area contributed by atoms with Crippen molar-refractivity contribution in [3.05, 3.63) is 63.1 Å². The Morgan fingerprint density at radius 1 is 1.00 bits per heavy atom. The average Bonchev–Trinajstić information content (AvgIpc) is 2.48. The minimum Gasteiger partial charge on any atom is -0.396 e. The zero-order valence-corrected chi connectivity index (χ0v) is 14.5. The van der Waals surface area contributed by atoms with Crippen LogP contribution in [0.5, 0.6) is 0 Å². The molecule has 0 aromatic heterocycles. The number of hydrogen-bond acceptors (Lipinski definition) is 2. The summed E-state index contributed by atoms with van der Waals surface area (Å²) in [6.07, 6.45) is 0. The zero-order valence-electron chi connectivity index (χ0n) is 11.4. The minimum atomic E-state index is 0.0161. The molecule has 1 nitrogen and oxygen atoms in total. The number of halogens is 3.